The van der Waals surface area contributed by atoms with Crippen LogP contribution in [0.4, 0.5) is 0 Å². The van der Waals surface area contributed by atoms with Crippen molar-refractivity contribution in [3.63, 3.8) is 0 Å². The molecule has 0 unspecified atom stereocenters. The quantitative estimate of drug-likeness (QED) is 0.437. The van der Waals surface area contributed by atoms with Crippen molar-refractivity contribution >= 4 is 17.5 Å². The molecule has 0 aliphatic rings. The number of carbonyl (C=O) groups excluding carboxylic acids is 1. The predicted molar refractivity (Wildman–Crippen MR) is 105 cm³/mol. The number of hydrogen-bond acceptors (Lipinski definition) is 6. The molecule has 3 aromatic rings. The van der Waals surface area contributed by atoms with Crippen LogP contribution < -0.4 is 9.47 Å². The molecule has 1 aromatic heterocycles. The number of nitrogens with zero attached hydrogens (tertiary/aromatic N) is 3. The van der Waals surface area contributed by atoms with Gasteiger partial charge in [-0.05, 0) is 43.3 Å². The second-order valence-electron chi connectivity index (χ2n) is 6.00. The summed E-state index contributed by atoms with van der Waals surface area (Å²) in [6, 6.07) is 14.9. The van der Waals surface area contributed by atoms with Gasteiger partial charge < -0.3 is 14.0 Å². The number of thioether (sulfide) groups is 1. The summed E-state index contributed by atoms with van der Waals surface area (Å²) in [7, 11) is 3.47. The molecule has 27 heavy (non-hydrogen) atoms. The number of benzene rings is 2. The summed E-state index contributed by atoms with van der Waals surface area (Å²) in [5, 5.41) is 9.00. The van der Waals surface area contributed by atoms with Crippen molar-refractivity contribution in [2.24, 2.45) is 7.05 Å². The molecule has 0 amide bonds. The highest BCUT2D eigenvalue weighted by Crippen LogP contribution is 2.20. The van der Waals surface area contributed by atoms with Gasteiger partial charge in [0.2, 0.25) is 0 Å². The number of aryl methyl sites for hydroxylation is 1. The monoisotopic (exact) mass is 383 g/mol. The van der Waals surface area contributed by atoms with Crippen molar-refractivity contribution in [1.29, 1.82) is 0 Å². The zero-order valence-corrected chi connectivity index (χ0v) is 16.3. The Labute approximate surface area is 162 Å². The number of methoxy groups -OCH3 is 1. The first kappa shape index (κ1) is 19.0. The molecule has 0 saturated carbocycles. The van der Waals surface area contributed by atoms with Crippen LogP contribution in [0.5, 0.6) is 11.5 Å². The summed E-state index contributed by atoms with van der Waals surface area (Å²) in [5.74, 6) is 2.54. The molecule has 1 heterocycles. The first-order valence-electron chi connectivity index (χ1n) is 8.44. The number of carbonyl (C=O) groups is 1. The van der Waals surface area contributed by atoms with Crippen LogP contribution in [0, 0.1) is 6.92 Å². The van der Waals surface area contributed by atoms with E-state index in [-0.39, 0.29) is 11.5 Å². The fraction of sp³-hybridized carbons (Fsp3) is 0.250. The van der Waals surface area contributed by atoms with Gasteiger partial charge in [-0.25, -0.2) is 0 Å². The normalized spacial score (nSPS) is 10.6. The summed E-state index contributed by atoms with van der Waals surface area (Å²) >= 11 is 1.36. The Morgan fingerprint density at radius 2 is 1.70 bits per heavy atom. The molecule has 0 saturated heterocycles. The summed E-state index contributed by atoms with van der Waals surface area (Å²) in [6.07, 6.45) is 0. The summed E-state index contributed by atoms with van der Waals surface area (Å²) < 4.78 is 12.7. The van der Waals surface area contributed by atoms with Crippen LogP contribution in [0.2, 0.25) is 0 Å². The SMILES string of the molecule is COc1ccc(C(=O)CSc2nnc(COc3ccc(C)cc3)n2C)cc1. The number of ether oxygens (including phenoxy) is 2. The van der Waals surface area contributed by atoms with E-state index < -0.39 is 0 Å². The highest BCUT2D eigenvalue weighted by molar-refractivity contribution is 7.99. The Kier molecular flexibility index (Phi) is 6.13. The minimum atomic E-state index is 0.0307. The zero-order valence-electron chi connectivity index (χ0n) is 15.5. The lowest BCUT2D eigenvalue weighted by molar-refractivity contribution is 0.102. The van der Waals surface area contributed by atoms with Crippen molar-refractivity contribution in [3.05, 3.63) is 65.5 Å². The Morgan fingerprint density at radius 3 is 2.37 bits per heavy atom. The van der Waals surface area contributed by atoms with Gasteiger partial charge in [0.25, 0.3) is 0 Å². The summed E-state index contributed by atoms with van der Waals surface area (Å²) in [6.45, 7) is 2.35. The Bertz CT molecular complexity index is 905. The maximum absolute atomic E-state index is 12.3. The van der Waals surface area contributed by atoms with E-state index in [1.54, 1.807) is 31.4 Å². The number of rotatable bonds is 8. The molecule has 140 valence electrons. The molecule has 7 heteroatoms. The second kappa shape index (κ2) is 8.73. The van der Waals surface area contributed by atoms with E-state index in [2.05, 4.69) is 10.2 Å². The van der Waals surface area contributed by atoms with Gasteiger partial charge in [0.15, 0.2) is 16.8 Å². The van der Waals surface area contributed by atoms with E-state index in [1.165, 1.54) is 17.3 Å². The number of aromatic nitrogens is 3. The van der Waals surface area contributed by atoms with E-state index in [0.29, 0.717) is 23.2 Å². The maximum atomic E-state index is 12.3. The van der Waals surface area contributed by atoms with Gasteiger partial charge >= 0.3 is 0 Å². The largest absolute Gasteiger partial charge is 0.497 e. The molecule has 2 aromatic carbocycles. The molecule has 0 spiro atoms. The lowest BCUT2D eigenvalue weighted by Gasteiger charge is -2.07. The highest BCUT2D eigenvalue weighted by Gasteiger charge is 2.13. The van der Waals surface area contributed by atoms with Crippen molar-refractivity contribution in [3.8, 4) is 11.5 Å². The lowest BCUT2D eigenvalue weighted by atomic mass is 10.1. The van der Waals surface area contributed by atoms with E-state index >= 15 is 0 Å². The van der Waals surface area contributed by atoms with Gasteiger partial charge in [0.05, 0.1) is 12.9 Å². The van der Waals surface area contributed by atoms with E-state index in [1.807, 2.05) is 42.8 Å². The van der Waals surface area contributed by atoms with Crippen molar-refractivity contribution in [2.45, 2.75) is 18.7 Å². The topological polar surface area (TPSA) is 66.2 Å². The van der Waals surface area contributed by atoms with Crippen LogP contribution >= 0.6 is 11.8 Å². The molecule has 0 radical (unpaired) electrons. The summed E-state index contributed by atoms with van der Waals surface area (Å²) in [5.41, 5.74) is 1.83. The van der Waals surface area contributed by atoms with Crippen LogP contribution in [-0.2, 0) is 13.7 Å². The molecule has 0 aliphatic heterocycles. The molecule has 0 atom stereocenters. The van der Waals surface area contributed by atoms with E-state index in [0.717, 1.165) is 11.5 Å². The molecule has 3 rings (SSSR count). The van der Waals surface area contributed by atoms with Crippen LogP contribution in [0.1, 0.15) is 21.7 Å². The average molecular weight is 383 g/mol. The third-order valence-corrected chi connectivity index (χ3v) is 5.08. The van der Waals surface area contributed by atoms with Gasteiger partial charge in [-0.15, -0.1) is 10.2 Å². The third-order valence-electron chi connectivity index (χ3n) is 4.06. The molecule has 0 N–H and O–H groups in total. The van der Waals surface area contributed by atoms with E-state index in [9.17, 15) is 4.79 Å². The van der Waals surface area contributed by atoms with Crippen LogP contribution in [-0.4, -0.2) is 33.4 Å². The molecular formula is C20H21N3O3S. The van der Waals surface area contributed by atoms with Crippen LogP contribution in [0.15, 0.2) is 53.7 Å². The molecule has 0 bridgehead atoms. The lowest BCUT2D eigenvalue weighted by Crippen LogP contribution is -2.06. The first-order valence-corrected chi connectivity index (χ1v) is 9.43. The number of Topliss-reactive ketones (excluding diaryl/α,β-unsaturated/α-hetero) is 1. The van der Waals surface area contributed by atoms with Gasteiger partial charge in [0.1, 0.15) is 18.1 Å². The molecule has 6 nitrogen and oxygen atoms in total. The number of ketones is 1. The smallest absolute Gasteiger partial charge is 0.191 e. The first-order chi connectivity index (χ1) is 13.1. The Hall–Kier alpha value is -2.80. The zero-order chi connectivity index (χ0) is 19.2. The predicted octanol–water partition coefficient (Wildman–Crippen LogP) is 3.69. The Balaban J connectivity index is 1.56. The maximum Gasteiger partial charge on any atom is 0.191 e. The second-order valence-corrected chi connectivity index (χ2v) is 6.94. The molecule has 0 fully saturated rings. The third kappa shape index (κ3) is 4.89. The highest BCUT2D eigenvalue weighted by atomic mass is 32.2. The Morgan fingerprint density at radius 1 is 1.04 bits per heavy atom. The van der Waals surface area contributed by atoms with Gasteiger partial charge in [-0.2, -0.15) is 0 Å². The van der Waals surface area contributed by atoms with Crippen molar-refractivity contribution in [1.82, 2.24) is 14.8 Å². The van der Waals surface area contributed by atoms with Gasteiger partial charge in [-0.3, -0.25) is 4.79 Å². The van der Waals surface area contributed by atoms with Crippen LogP contribution in [0.3, 0.4) is 0 Å². The van der Waals surface area contributed by atoms with Gasteiger partial charge in [0, 0.05) is 12.6 Å². The summed E-state index contributed by atoms with van der Waals surface area (Å²) in [4.78, 5) is 12.3. The molecular weight excluding hydrogens is 362 g/mol. The molecule has 0 aliphatic carbocycles. The van der Waals surface area contributed by atoms with Crippen LogP contribution in [0.25, 0.3) is 0 Å². The van der Waals surface area contributed by atoms with Crippen molar-refractivity contribution in [2.75, 3.05) is 12.9 Å². The fourth-order valence-electron chi connectivity index (χ4n) is 2.37. The standard InChI is InChI=1S/C20H21N3O3S/c1-14-4-8-17(9-5-14)26-12-19-21-22-20(23(19)2)27-13-18(24)15-6-10-16(25-3)11-7-15/h4-11H,12-13H2,1-3H3. The fourth-order valence-corrected chi connectivity index (χ4v) is 3.19. The minimum absolute atomic E-state index is 0.0307. The average Bonchev–Trinajstić information content (AvgIpc) is 3.05. The number of hydrogen-bond donors (Lipinski definition) is 0. The van der Waals surface area contributed by atoms with Crippen molar-refractivity contribution < 1.29 is 14.3 Å². The minimum Gasteiger partial charge on any atom is -0.497 e. The van der Waals surface area contributed by atoms with E-state index in [4.69, 9.17) is 9.47 Å². The van der Waals surface area contributed by atoms with Gasteiger partial charge in [-0.1, -0.05) is 29.5 Å².